The van der Waals surface area contributed by atoms with Crippen molar-refractivity contribution in [2.75, 3.05) is 0 Å². The van der Waals surface area contributed by atoms with Crippen molar-refractivity contribution in [3.8, 4) is 0 Å². The molecule has 0 N–H and O–H groups in total. The summed E-state index contributed by atoms with van der Waals surface area (Å²) in [5, 5.41) is 0. The third-order valence-electron chi connectivity index (χ3n) is 1.65. The molecule has 0 bridgehead atoms. The van der Waals surface area contributed by atoms with Gasteiger partial charge in [-0.1, -0.05) is 14.9 Å². The number of hydrogen-bond acceptors (Lipinski definition) is 4. The SMILES string of the molecule is C.C.O=C1C=CC(=O)C=C1.O=C1C=CC(=O)C=C1. The Labute approximate surface area is 106 Å². The van der Waals surface area contributed by atoms with Crippen molar-refractivity contribution < 1.29 is 19.2 Å². The molecule has 4 nitrogen and oxygen atoms in total. The Morgan fingerprint density at radius 3 is 0.611 bits per heavy atom. The molecule has 18 heavy (non-hydrogen) atoms. The minimum absolute atomic E-state index is 0. The van der Waals surface area contributed by atoms with Gasteiger partial charge >= 0.3 is 0 Å². The highest BCUT2D eigenvalue weighted by molar-refractivity contribution is 6.14. The summed E-state index contributed by atoms with van der Waals surface area (Å²) in [4.78, 5) is 41.1. The predicted octanol–water partition coefficient (Wildman–Crippen LogP) is 1.77. The maximum Gasteiger partial charge on any atom is 0.178 e. The summed E-state index contributed by atoms with van der Waals surface area (Å²) < 4.78 is 0. The fourth-order valence-electron chi connectivity index (χ4n) is 0.879. The zero-order valence-corrected chi connectivity index (χ0v) is 8.25. The first-order chi connectivity index (χ1) is 7.58. The van der Waals surface area contributed by atoms with E-state index < -0.39 is 0 Å². The van der Waals surface area contributed by atoms with Crippen LogP contribution in [0.1, 0.15) is 14.9 Å². The van der Waals surface area contributed by atoms with Crippen LogP contribution in [0.4, 0.5) is 0 Å². The van der Waals surface area contributed by atoms with Crippen LogP contribution in [0.15, 0.2) is 48.6 Å². The third kappa shape index (κ3) is 7.00. The molecular formula is C14H16O4. The first-order valence-electron chi connectivity index (χ1n) is 4.46. The van der Waals surface area contributed by atoms with Gasteiger partial charge in [0, 0.05) is 0 Å². The van der Waals surface area contributed by atoms with Crippen LogP contribution >= 0.6 is 0 Å². The summed E-state index contributed by atoms with van der Waals surface area (Å²) in [5.41, 5.74) is 0. The molecule has 0 aromatic rings. The van der Waals surface area contributed by atoms with Gasteiger partial charge in [-0.2, -0.15) is 0 Å². The van der Waals surface area contributed by atoms with Crippen LogP contribution in [0.2, 0.25) is 0 Å². The van der Waals surface area contributed by atoms with E-state index in [-0.39, 0.29) is 38.0 Å². The van der Waals surface area contributed by atoms with E-state index in [0.29, 0.717) is 0 Å². The van der Waals surface area contributed by atoms with Crippen molar-refractivity contribution >= 4 is 23.1 Å². The van der Waals surface area contributed by atoms with Crippen molar-refractivity contribution in [3.63, 3.8) is 0 Å². The summed E-state index contributed by atoms with van der Waals surface area (Å²) in [6, 6.07) is 0. The number of carbonyl (C=O) groups excluding carboxylic acids is 4. The van der Waals surface area contributed by atoms with Gasteiger partial charge in [0.2, 0.25) is 0 Å². The van der Waals surface area contributed by atoms with Crippen LogP contribution in [0.3, 0.4) is 0 Å². The Balaban J connectivity index is 0. The monoisotopic (exact) mass is 248 g/mol. The largest absolute Gasteiger partial charge is 0.290 e. The average molecular weight is 248 g/mol. The van der Waals surface area contributed by atoms with E-state index in [9.17, 15) is 19.2 Å². The molecule has 96 valence electrons. The highest BCUT2D eigenvalue weighted by Gasteiger charge is 1.98. The topological polar surface area (TPSA) is 68.3 Å². The lowest BCUT2D eigenvalue weighted by molar-refractivity contribution is -0.113. The molecule has 0 aromatic heterocycles. The summed E-state index contributed by atoms with van der Waals surface area (Å²) >= 11 is 0. The van der Waals surface area contributed by atoms with E-state index in [4.69, 9.17) is 0 Å². The van der Waals surface area contributed by atoms with E-state index in [1.807, 2.05) is 0 Å². The summed E-state index contributed by atoms with van der Waals surface area (Å²) in [5.74, 6) is -0.483. The molecule has 0 aliphatic heterocycles. The van der Waals surface area contributed by atoms with Crippen LogP contribution in [-0.2, 0) is 19.2 Å². The fourth-order valence-corrected chi connectivity index (χ4v) is 0.879. The molecule has 0 unspecified atom stereocenters. The Morgan fingerprint density at radius 1 is 0.389 bits per heavy atom. The van der Waals surface area contributed by atoms with Gasteiger partial charge in [0.25, 0.3) is 0 Å². The number of rotatable bonds is 0. The van der Waals surface area contributed by atoms with Gasteiger partial charge in [0.1, 0.15) is 0 Å². The first kappa shape index (κ1) is 18.0. The molecule has 4 heteroatoms. The van der Waals surface area contributed by atoms with E-state index in [1.54, 1.807) is 0 Å². The lowest BCUT2D eigenvalue weighted by Crippen LogP contribution is -1.97. The van der Waals surface area contributed by atoms with Gasteiger partial charge in [-0.3, -0.25) is 19.2 Å². The van der Waals surface area contributed by atoms with Gasteiger partial charge in [0.05, 0.1) is 0 Å². The highest BCUT2D eigenvalue weighted by atomic mass is 16.1. The normalized spacial score (nSPS) is 15.6. The molecule has 0 saturated carbocycles. The molecule has 0 aromatic carbocycles. The van der Waals surface area contributed by atoms with Gasteiger partial charge in [-0.25, -0.2) is 0 Å². The van der Waals surface area contributed by atoms with Crippen LogP contribution in [0.25, 0.3) is 0 Å². The van der Waals surface area contributed by atoms with Crippen molar-refractivity contribution in [3.05, 3.63) is 48.6 Å². The summed E-state index contributed by atoms with van der Waals surface area (Å²) in [6.45, 7) is 0. The molecule has 0 radical (unpaired) electrons. The number of ketones is 4. The van der Waals surface area contributed by atoms with Gasteiger partial charge in [0.15, 0.2) is 23.1 Å². The molecule has 0 atom stereocenters. The van der Waals surface area contributed by atoms with E-state index in [0.717, 1.165) is 0 Å². The number of carbonyl (C=O) groups is 4. The lowest BCUT2D eigenvalue weighted by atomic mass is 10.2. The second kappa shape index (κ2) is 8.75. The molecule has 0 saturated heterocycles. The van der Waals surface area contributed by atoms with Crippen LogP contribution in [-0.4, -0.2) is 23.1 Å². The number of allylic oxidation sites excluding steroid dienone is 8. The van der Waals surface area contributed by atoms with Crippen molar-refractivity contribution in [1.82, 2.24) is 0 Å². The maximum atomic E-state index is 10.3. The van der Waals surface area contributed by atoms with Crippen molar-refractivity contribution in [2.45, 2.75) is 14.9 Å². The van der Waals surface area contributed by atoms with Crippen molar-refractivity contribution in [1.29, 1.82) is 0 Å². The minimum Gasteiger partial charge on any atom is -0.290 e. The highest BCUT2D eigenvalue weighted by Crippen LogP contribution is 1.91. The van der Waals surface area contributed by atoms with Crippen LogP contribution in [0, 0.1) is 0 Å². The molecule has 2 aliphatic rings. The molecule has 2 rings (SSSR count). The maximum absolute atomic E-state index is 10.3. The lowest BCUT2D eigenvalue weighted by Gasteiger charge is -1.87. The van der Waals surface area contributed by atoms with Crippen LogP contribution in [0.5, 0.6) is 0 Å². The molecule has 0 fully saturated rings. The zero-order valence-electron chi connectivity index (χ0n) is 8.25. The van der Waals surface area contributed by atoms with E-state index >= 15 is 0 Å². The summed E-state index contributed by atoms with van der Waals surface area (Å²) in [7, 11) is 0. The Morgan fingerprint density at radius 2 is 0.500 bits per heavy atom. The van der Waals surface area contributed by atoms with Gasteiger partial charge < -0.3 is 0 Å². The molecule has 0 amide bonds. The quantitative estimate of drug-likeness (QED) is 0.613. The standard InChI is InChI=1S/2C6H4O2.2CH4/c2*7-5-1-2-6(8)4-3-5;;/h2*1-4H;2*1H4. The first-order valence-corrected chi connectivity index (χ1v) is 4.46. The second-order valence-corrected chi connectivity index (χ2v) is 2.94. The Kier molecular flexibility index (Phi) is 8.76. The third-order valence-corrected chi connectivity index (χ3v) is 1.65. The summed E-state index contributed by atoms with van der Waals surface area (Å²) in [6.07, 6.45) is 10.0. The van der Waals surface area contributed by atoms with Gasteiger partial charge in [-0.05, 0) is 48.6 Å². The smallest absolute Gasteiger partial charge is 0.178 e. The molecule has 2 aliphatic carbocycles. The number of hydrogen-bond donors (Lipinski definition) is 0. The molecule has 0 heterocycles. The second-order valence-electron chi connectivity index (χ2n) is 2.94. The van der Waals surface area contributed by atoms with Crippen LogP contribution < -0.4 is 0 Å². The zero-order chi connectivity index (χ0) is 12.0. The average Bonchev–Trinajstić information content (AvgIpc) is 2.28. The Hall–Kier alpha value is -2.36. The van der Waals surface area contributed by atoms with E-state index in [1.165, 1.54) is 48.6 Å². The van der Waals surface area contributed by atoms with Gasteiger partial charge in [-0.15, -0.1) is 0 Å². The predicted molar refractivity (Wildman–Crippen MR) is 70.1 cm³/mol. The minimum atomic E-state index is -0.121. The fraction of sp³-hybridized carbons (Fsp3) is 0.143. The van der Waals surface area contributed by atoms with Crippen molar-refractivity contribution in [2.24, 2.45) is 0 Å². The van der Waals surface area contributed by atoms with E-state index in [2.05, 4.69) is 0 Å². The Bertz CT molecular complexity index is 342. The molecule has 0 spiro atoms. The molecular weight excluding hydrogens is 232 g/mol.